The number of halogens is 1. The molecule has 3 heteroatoms. The summed E-state index contributed by atoms with van der Waals surface area (Å²) in [6.07, 6.45) is 2.06. The van der Waals surface area contributed by atoms with Crippen LogP contribution in [0, 0.1) is 6.07 Å². The van der Waals surface area contributed by atoms with Gasteiger partial charge in [-0.25, -0.2) is 0 Å². The molecular weight excluding hydrogens is 176 g/mol. The first kappa shape index (κ1) is 13.2. The van der Waals surface area contributed by atoms with Crippen LogP contribution in [0.2, 0.25) is 0 Å². The molecule has 1 aromatic carbocycles. The van der Waals surface area contributed by atoms with Crippen LogP contribution in [0.25, 0.3) is 0 Å². The quantitative estimate of drug-likeness (QED) is 0.300. The molecule has 10 heavy (non-hydrogen) atoms. The summed E-state index contributed by atoms with van der Waals surface area (Å²) in [5, 5.41) is 0. The molecule has 0 saturated carbocycles. The first-order valence-electron chi connectivity index (χ1n) is 2.43. The van der Waals surface area contributed by atoms with E-state index in [0.29, 0.717) is 0 Å². The van der Waals surface area contributed by atoms with Crippen molar-refractivity contribution < 1.29 is 12.4 Å². The molecule has 0 aliphatic carbocycles. The molecule has 0 aromatic heterocycles. The van der Waals surface area contributed by atoms with Gasteiger partial charge in [0.2, 0.25) is 0 Å². The molecule has 0 spiro atoms. The number of rotatable bonds is 1. The van der Waals surface area contributed by atoms with Crippen LogP contribution in [0.1, 0.15) is 0 Å². The summed E-state index contributed by atoms with van der Waals surface area (Å²) in [5.41, 5.74) is 0. The second kappa shape index (κ2) is 7.73. The molecule has 1 rings (SSSR count). The minimum atomic E-state index is 0. The summed E-state index contributed by atoms with van der Waals surface area (Å²) >= 11 is 1.74. The number of benzene rings is 1. The molecule has 50 valence electrons. The van der Waals surface area contributed by atoms with E-state index in [2.05, 4.69) is 18.4 Å². The minimum Gasteiger partial charge on any atom is -1.00 e. The van der Waals surface area contributed by atoms with Crippen molar-refractivity contribution >= 4 is 34.8 Å². The molecule has 0 fully saturated rings. The third-order valence-electron chi connectivity index (χ3n) is 0.914. The summed E-state index contributed by atoms with van der Waals surface area (Å²) in [6, 6.07) is 10.9. The van der Waals surface area contributed by atoms with Gasteiger partial charge in [-0.1, -0.05) is 0 Å². The zero-order valence-corrected chi connectivity index (χ0v) is 8.79. The van der Waals surface area contributed by atoms with Gasteiger partial charge >= 0.3 is 23.1 Å². The average Bonchev–Trinajstić information content (AvgIpc) is 1.90. The fourth-order valence-corrected chi connectivity index (χ4v) is 0.904. The molecule has 0 unspecified atom stereocenters. The van der Waals surface area contributed by atoms with Crippen LogP contribution in [-0.2, 0) is 0 Å². The van der Waals surface area contributed by atoms with Crippen LogP contribution in [0.3, 0.4) is 0 Å². The maximum atomic E-state index is 2.99. The van der Waals surface area contributed by atoms with Crippen molar-refractivity contribution in [1.82, 2.24) is 0 Å². The third-order valence-corrected chi connectivity index (χ3v) is 1.64. The molecular formula is C7H7ClMgS. The van der Waals surface area contributed by atoms with Gasteiger partial charge in [0.15, 0.2) is 0 Å². The third kappa shape index (κ3) is 4.44. The number of hydrogen-bond acceptors (Lipinski definition) is 1. The topological polar surface area (TPSA) is 0 Å². The van der Waals surface area contributed by atoms with Crippen molar-refractivity contribution in [1.29, 1.82) is 0 Å². The predicted molar refractivity (Wildman–Crippen MR) is 42.8 cm³/mol. The maximum absolute atomic E-state index is 2.99. The Kier molecular flexibility index (Phi) is 10.2. The molecule has 1 aromatic rings. The van der Waals surface area contributed by atoms with Gasteiger partial charge in [0, 0.05) is 0 Å². The molecule has 0 N–H and O–H groups in total. The molecule has 0 aliphatic rings. The van der Waals surface area contributed by atoms with E-state index in [-0.39, 0.29) is 35.5 Å². The molecule has 0 radical (unpaired) electrons. The normalized spacial score (nSPS) is 7.30. The molecule has 0 atom stereocenters. The first-order valence-corrected chi connectivity index (χ1v) is 3.66. The summed E-state index contributed by atoms with van der Waals surface area (Å²) in [6.45, 7) is 0. The second-order valence-corrected chi connectivity index (χ2v) is 2.32. The average molecular weight is 183 g/mol. The van der Waals surface area contributed by atoms with Crippen LogP contribution >= 0.6 is 11.8 Å². The van der Waals surface area contributed by atoms with Gasteiger partial charge in [-0.2, -0.15) is 42.1 Å². The fourth-order valence-electron chi connectivity index (χ4n) is 0.504. The molecule has 0 aliphatic heterocycles. The largest absolute Gasteiger partial charge is 2.00 e. The van der Waals surface area contributed by atoms with E-state index in [4.69, 9.17) is 0 Å². The van der Waals surface area contributed by atoms with Crippen molar-refractivity contribution in [3.05, 3.63) is 30.3 Å². The Labute approximate surface area is 88.3 Å². The Balaban J connectivity index is 0. The van der Waals surface area contributed by atoms with Gasteiger partial charge in [-0.3, -0.25) is 0 Å². The molecule has 0 heterocycles. The van der Waals surface area contributed by atoms with E-state index in [1.54, 1.807) is 11.8 Å². The molecule has 0 saturated heterocycles. The second-order valence-electron chi connectivity index (χ2n) is 1.44. The standard InChI is InChI=1S/C7H7S.ClH.Mg/c1-8-7-5-3-2-4-6-7;;/h2-3,5-6H,1H3;1H;/q-1;;+2/p-1. The Morgan fingerprint density at radius 2 is 2.20 bits per heavy atom. The fraction of sp³-hybridized carbons (Fsp3) is 0.143. The Morgan fingerprint density at radius 1 is 1.50 bits per heavy atom. The zero-order valence-electron chi connectivity index (χ0n) is 5.80. The number of thioether (sulfide) groups is 1. The predicted octanol–water partition coefficient (Wildman–Crippen LogP) is -1.17. The van der Waals surface area contributed by atoms with E-state index in [9.17, 15) is 0 Å². The summed E-state index contributed by atoms with van der Waals surface area (Å²) < 4.78 is 0. The Bertz CT molecular complexity index is 155. The van der Waals surface area contributed by atoms with Crippen molar-refractivity contribution in [3.63, 3.8) is 0 Å². The Morgan fingerprint density at radius 3 is 2.50 bits per heavy atom. The van der Waals surface area contributed by atoms with Crippen LogP contribution in [0.4, 0.5) is 0 Å². The van der Waals surface area contributed by atoms with Crippen molar-refractivity contribution in [2.24, 2.45) is 0 Å². The van der Waals surface area contributed by atoms with E-state index < -0.39 is 0 Å². The minimum absolute atomic E-state index is 0. The van der Waals surface area contributed by atoms with E-state index in [1.165, 1.54) is 4.90 Å². The van der Waals surface area contributed by atoms with Gasteiger partial charge < -0.3 is 12.4 Å². The summed E-state index contributed by atoms with van der Waals surface area (Å²) in [4.78, 5) is 1.27. The maximum Gasteiger partial charge on any atom is 2.00 e. The van der Waals surface area contributed by atoms with Gasteiger partial charge in [-0.05, 0) is 6.26 Å². The molecule has 0 bridgehead atoms. The van der Waals surface area contributed by atoms with E-state index >= 15 is 0 Å². The van der Waals surface area contributed by atoms with Gasteiger partial charge in [0.05, 0.1) is 0 Å². The molecule has 0 nitrogen and oxygen atoms in total. The van der Waals surface area contributed by atoms with Crippen LogP contribution < -0.4 is 12.4 Å². The smallest absolute Gasteiger partial charge is 1.00 e. The van der Waals surface area contributed by atoms with Crippen molar-refractivity contribution in [2.75, 3.05) is 6.26 Å². The monoisotopic (exact) mass is 182 g/mol. The zero-order chi connectivity index (χ0) is 5.82. The van der Waals surface area contributed by atoms with Crippen LogP contribution in [0.5, 0.6) is 0 Å². The summed E-state index contributed by atoms with van der Waals surface area (Å²) in [7, 11) is 0. The van der Waals surface area contributed by atoms with Gasteiger partial charge in [0.1, 0.15) is 0 Å². The summed E-state index contributed by atoms with van der Waals surface area (Å²) in [5.74, 6) is 0. The van der Waals surface area contributed by atoms with Crippen molar-refractivity contribution in [3.8, 4) is 0 Å². The SMILES string of the molecule is CSc1c[c-]ccc1.[Cl-].[Mg+2]. The Hall–Kier alpha value is 0.626. The van der Waals surface area contributed by atoms with Crippen molar-refractivity contribution in [2.45, 2.75) is 4.90 Å². The molecule has 0 amide bonds. The van der Waals surface area contributed by atoms with Gasteiger partial charge in [-0.15, -0.1) is 4.90 Å². The van der Waals surface area contributed by atoms with E-state index in [0.717, 1.165) is 0 Å². The van der Waals surface area contributed by atoms with E-state index in [1.807, 2.05) is 18.2 Å². The number of hydrogen-bond donors (Lipinski definition) is 0. The van der Waals surface area contributed by atoms with Crippen LogP contribution in [0.15, 0.2) is 29.2 Å². The first-order chi connectivity index (χ1) is 3.93. The van der Waals surface area contributed by atoms with Crippen LogP contribution in [-0.4, -0.2) is 29.3 Å². The van der Waals surface area contributed by atoms with Gasteiger partial charge in [0.25, 0.3) is 0 Å².